The molecule has 0 fully saturated rings. The third-order valence-corrected chi connectivity index (χ3v) is 4.92. The molecular weight excluding hydrogens is 392 g/mol. The lowest BCUT2D eigenvalue weighted by molar-refractivity contribution is -0.117. The first kappa shape index (κ1) is 20.5. The molecule has 0 aliphatic carbocycles. The van der Waals surface area contributed by atoms with Gasteiger partial charge in [-0.15, -0.1) is 0 Å². The average Bonchev–Trinajstić information content (AvgIpc) is 2.79. The second-order valence-corrected chi connectivity index (χ2v) is 7.28. The number of hydrogen-bond donors (Lipinski definition) is 2. The van der Waals surface area contributed by atoms with Gasteiger partial charge in [0.15, 0.2) is 5.75 Å². The van der Waals surface area contributed by atoms with Gasteiger partial charge in [0.25, 0.3) is 0 Å². The lowest BCUT2D eigenvalue weighted by Gasteiger charge is -2.17. The third-order valence-electron chi connectivity index (χ3n) is 4.92. The fourth-order valence-electron chi connectivity index (χ4n) is 3.36. The molecule has 2 amide bonds. The highest BCUT2D eigenvalue weighted by molar-refractivity contribution is 5.94. The number of hydrogen-bond acceptors (Lipinski definition) is 4. The van der Waals surface area contributed by atoms with E-state index in [-0.39, 0.29) is 11.8 Å². The van der Waals surface area contributed by atoms with E-state index in [2.05, 4.69) is 10.6 Å². The van der Waals surface area contributed by atoms with Crippen molar-refractivity contribution in [3.05, 3.63) is 78.4 Å². The van der Waals surface area contributed by atoms with Crippen molar-refractivity contribution in [3.63, 3.8) is 0 Å². The van der Waals surface area contributed by atoms with Crippen molar-refractivity contribution in [2.75, 3.05) is 17.2 Å². The molecule has 0 radical (unpaired) electrons. The Labute approximate surface area is 181 Å². The number of anilines is 2. The molecule has 3 aromatic carbocycles. The number of para-hydroxylation sites is 3. The molecule has 0 bridgehead atoms. The normalized spacial score (nSPS) is 12.5. The highest BCUT2D eigenvalue weighted by atomic mass is 16.5. The van der Waals surface area contributed by atoms with Crippen LogP contribution in [0, 0.1) is 0 Å². The second kappa shape index (κ2) is 9.80. The predicted octanol–water partition coefficient (Wildman–Crippen LogP) is 5.16. The Hall–Kier alpha value is -3.80. The number of rotatable bonds is 8. The zero-order valence-electron chi connectivity index (χ0n) is 17.1. The monoisotopic (exact) mass is 416 g/mol. The minimum atomic E-state index is -0.0964. The van der Waals surface area contributed by atoms with Gasteiger partial charge in [-0.1, -0.05) is 30.3 Å². The summed E-state index contributed by atoms with van der Waals surface area (Å²) < 4.78 is 11.7. The fourth-order valence-corrected chi connectivity index (χ4v) is 3.36. The third kappa shape index (κ3) is 5.63. The number of nitrogens with one attached hydrogen (secondary N) is 2. The zero-order valence-corrected chi connectivity index (χ0v) is 17.1. The fraction of sp³-hybridized carbons (Fsp3) is 0.200. The first-order chi connectivity index (χ1) is 15.2. The minimum absolute atomic E-state index is 0.0444. The lowest BCUT2D eigenvalue weighted by Crippen LogP contribution is -2.18. The van der Waals surface area contributed by atoms with Crippen LogP contribution in [0.1, 0.15) is 24.8 Å². The summed E-state index contributed by atoms with van der Waals surface area (Å²) in [4.78, 5) is 23.8. The van der Waals surface area contributed by atoms with Gasteiger partial charge in [-0.05, 0) is 60.9 Å². The van der Waals surface area contributed by atoms with Crippen molar-refractivity contribution in [1.29, 1.82) is 0 Å². The average molecular weight is 416 g/mol. The molecular formula is C25H24N2O4. The van der Waals surface area contributed by atoms with E-state index in [1.165, 1.54) is 0 Å². The van der Waals surface area contributed by atoms with Gasteiger partial charge in [0.2, 0.25) is 11.8 Å². The molecule has 3 aromatic rings. The number of benzene rings is 3. The summed E-state index contributed by atoms with van der Waals surface area (Å²) in [7, 11) is 0. The Morgan fingerprint density at radius 1 is 0.935 bits per heavy atom. The lowest BCUT2D eigenvalue weighted by atomic mass is 10.0. The summed E-state index contributed by atoms with van der Waals surface area (Å²) in [5.41, 5.74) is 2.55. The Bertz CT molecular complexity index is 1070. The van der Waals surface area contributed by atoms with Crippen LogP contribution in [0.5, 0.6) is 17.2 Å². The van der Waals surface area contributed by atoms with E-state index in [0.717, 1.165) is 17.0 Å². The van der Waals surface area contributed by atoms with Crippen molar-refractivity contribution in [2.24, 2.45) is 0 Å². The maximum atomic E-state index is 12.4. The molecule has 6 heteroatoms. The summed E-state index contributed by atoms with van der Waals surface area (Å²) >= 11 is 0. The molecule has 1 heterocycles. The van der Waals surface area contributed by atoms with Crippen molar-refractivity contribution >= 4 is 23.2 Å². The van der Waals surface area contributed by atoms with Crippen molar-refractivity contribution < 1.29 is 19.1 Å². The van der Waals surface area contributed by atoms with Crippen molar-refractivity contribution in [1.82, 2.24) is 0 Å². The molecule has 0 aromatic heterocycles. The minimum Gasteiger partial charge on any atom is -0.494 e. The van der Waals surface area contributed by atoms with Gasteiger partial charge in [-0.3, -0.25) is 9.59 Å². The maximum absolute atomic E-state index is 12.4. The molecule has 0 saturated heterocycles. The smallest absolute Gasteiger partial charge is 0.224 e. The molecule has 0 unspecified atom stereocenters. The second-order valence-electron chi connectivity index (χ2n) is 7.28. The van der Waals surface area contributed by atoms with E-state index in [1.54, 1.807) is 0 Å². The van der Waals surface area contributed by atoms with Gasteiger partial charge in [0, 0.05) is 18.5 Å². The van der Waals surface area contributed by atoms with Crippen LogP contribution in [0.25, 0.3) is 0 Å². The van der Waals surface area contributed by atoms with Crippen molar-refractivity contribution in [2.45, 2.75) is 25.7 Å². The van der Waals surface area contributed by atoms with Crippen molar-refractivity contribution in [3.8, 4) is 17.2 Å². The van der Waals surface area contributed by atoms with E-state index in [1.807, 2.05) is 72.8 Å². The van der Waals surface area contributed by atoms with E-state index in [0.29, 0.717) is 49.5 Å². The summed E-state index contributed by atoms with van der Waals surface area (Å²) in [5, 5.41) is 5.77. The number of ether oxygens (including phenoxy) is 2. The quantitative estimate of drug-likeness (QED) is 0.497. The number of carbonyl (C=O) groups is 2. The van der Waals surface area contributed by atoms with Gasteiger partial charge in [-0.2, -0.15) is 0 Å². The zero-order chi connectivity index (χ0) is 21.5. The first-order valence-corrected chi connectivity index (χ1v) is 10.3. The van der Waals surface area contributed by atoms with Crippen LogP contribution in [0.4, 0.5) is 11.4 Å². The molecule has 158 valence electrons. The van der Waals surface area contributed by atoms with Crippen LogP contribution < -0.4 is 20.1 Å². The Morgan fingerprint density at radius 2 is 1.74 bits per heavy atom. The van der Waals surface area contributed by atoms with Crippen LogP contribution in [0.3, 0.4) is 0 Å². The Morgan fingerprint density at radius 3 is 2.61 bits per heavy atom. The number of carbonyl (C=O) groups excluding carboxylic acids is 2. The highest BCUT2D eigenvalue weighted by Gasteiger charge is 2.15. The van der Waals surface area contributed by atoms with Gasteiger partial charge in [0.1, 0.15) is 11.5 Å². The number of fused-ring (bicyclic) bond motifs is 1. The van der Waals surface area contributed by atoms with E-state index in [9.17, 15) is 9.59 Å². The van der Waals surface area contributed by atoms with E-state index in [4.69, 9.17) is 9.47 Å². The van der Waals surface area contributed by atoms with Crippen LogP contribution in [0.2, 0.25) is 0 Å². The summed E-state index contributed by atoms with van der Waals surface area (Å²) in [5.74, 6) is 2.00. The molecule has 0 saturated carbocycles. The topological polar surface area (TPSA) is 76.7 Å². The van der Waals surface area contributed by atoms with Gasteiger partial charge in [-0.25, -0.2) is 0 Å². The summed E-state index contributed by atoms with van der Waals surface area (Å²) in [6.07, 6.45) is 2.12. The molecule has 4 rings (SSSR count). The van der Waals surface area contributed by atoms with Gasteiger partial charge in [0.05, 0.1) is 12.3 Å². The molecule has 1 aliphatic rings. The molecule has 0 atom stereocenters. The molecule has 6 nitrogen and oxygen atoms in total. The largest absolute Gasteiger partial charge is 0.494 e. The summed E-state index contributed by atoms with van der Waals surface area (Å²) in [6.45, 7) is 0.431. The Balaban J connectivity index is 1.25. The van der Waals surface area contributed by atoms with E-state index < -0.39 is 0 Å². The van der Waals surface area contributed by atoms with Crippen LogP contribution in [0.15, 0.2) is 72.8 Å². The molecule has 0 spiro atoms. The summed E-state index contributed by atoms with van der Waals surface area (Å²) in [6, 6.07) is 22.5. The molecule has 2 N–H and O–H groups in total. The van der Waals surface area contributed by atoms with Crippen LogP contribution >= 0.6 is 0 Å². The van der Waals surface area contributed by atoms with Gasteiger partial charge >= 0.3 is 0 Å². The number of amides is 2. The number of aryl methyl sites for hydroxylation is 1. The first-order valence-electron chi connectivity index (χ1n) is 10.3. The Kier molecular flexibility index (Phi) is 6.47. The van der Waals surface area contributed by atoms with Crippen LogP contribution in [-0.2, 0) is 16.0 Å². The predicted molar refractivity (Wildman–Crippen MR) is 120 cm³/mol. The van der Waals surface area contributed by atoms with Gasteiger partial charge < -0.3 is 20.1 Å². The van der Waals surface area contributed by atoms with E-state index >= 15 is 0 Å². The SMILES string of the molecule is O=C1CCc2cc(OCCCC(=O)Nc3ccccc3Oc3ccccc3)ccc2N1. The standard InChI is InChI=1S/C25H24N2O4/c28-24(27-22-9-4-5-10-23(22)31-19-7-2-1-3-8-19)11-6-16-30-20-13-14-21-18(17-20)12-15-25(29)26-21/h1-5,7-10,13-14,17H,6,11-12,15-16H2,(H,26,29)(H,27,28). The molecule has 1 aliphatic heterocycles. The maximum Gasteiger partial charge on any atom is 0.224 e. The highest BCUT2D eigenvalue weighted by Crippen LogP contribution is 2.29. The van der Waals surface area contributed by atoms with Crippen LogP contribution in [-0.4, -0.2) is 18.4 Å². The molecule has 31 heavy (non-hydrogen) atoms.